The molecule has 3 aromatic rings. The highest BCUT2D eigenvalue weighted by Crippen LogP contribution is 2.21. The first-order valence-corrected chi connectivity index (χ1v) is 7.97. The third-order valence-corrected chi connectivity index (χ3v) is 4.37. The minimum absolute atomic E-state index is 0.0389. The Bertz CT molecular complexity index is 867. The van der Waals surface area contributed by atoms with Crippen molar-refractivity contribution in [3.8, 4) is 0 Å². The number of nitrogens with zero attached hydrogens (tertiary/aromatic N) is 1. The summed E-state index contributed by atoms with van der Waals surface area (Å²) in [5.41, 5.74) is 2.25. The Labute approximate surface area is 138 Å². The van der Waals surface area contributed by atoms with E-state index in [4.69, 9.17) is 13.7 Å². The standard InChI is InChI=1S/C18H18N2O4/c1-11-6-15(24-20-11)8-14-9-22-10-16(14)19-18(21)13-2-3-17-12(7-13)4-5-23-17/h2-7,14,16H,8-10H2,1H3,(H,19,21)/t14-,16+/m1/s1. The number of benzene rings is 1. The number of carbonyl (C=O) groups is 1. The van der Waals surface area contributed by atoms with E-state index in [1.807, 2.05) is 31.2 Å². The topological polar surface area (TPSA) is 77.5 Å². The lowest BCUT2D eigenvalue weighted by Crippen LogP contribution is -2.40. The lowest BCUT2D eigenvalue weighted by atomic mass is 9.97. The molecule has 3 heterocycles. The van der Waals surface area contributed by atoms with Crippen molar-refractivity contribution in [2.45, 2.75) is 19.4 Å². The van der Waals surface area contributed by atoms with Crippen LogP contribution in [0.4, 0.5) is 0 Å². The van der Waals surface area contributed by atoms with Crippen LogP contribution in [0.15, 0.2) is 45.5 Å². The summed E-state index contributed by atoms with van der Waals surface area (Å²) in [6.07, 6.45) is 2.32. The van der Waals surface area contributed by atoms with Gasteiger partial charge in [-0.25, -0.2) is 0 Å². The first-order valence-electron chi connectivity index (χ1n) is 7.97. The minimum atomic E-state index is -0.104. The van der Waals surface area contributed by atoms with Crippen LogP contribution in [0.25, 0.3) is 11.0 Å². The Morgan fingerprint density at radius 3 is 3.04 bits per heavy atom. The SMILES string of the molecule is Cc1cc(C[C@@H]2COC[C@@H]2NC(=O)c2ccc3occc3c2)on1. The number of fused-ring (bicyclic) bond motifs is 1. The van der Waals surface area contributed by atoms with Crippen molar-refractivity contribution in [2.24, 2.45) is 5.92 Å². The van der Waals surface area contributed by atoms with Crippen LogP contribution >= 0.6 is 0 Å². The maximum absolute atomic E-state index is 12.5. The van der Waals surface area contributed by atoms with Crippen LogP contribution in [-0.4, -0.2) is 30.3 Å². The van der Waals surface area contributed by atoms with Crippen molar-refractivity contribution >= 4 is 16.9 Å². The van der Waals surface area contributed by atoms with Crippen LogP contribution in [-0.2, 0) is 11.2 Å². The van der Waals surface area contributed by atoms with Crippen LogP contribution < -0.4 is 5.32 Å². The van der Waals surface area contributed by atoms with Gasteiger partial charge in [0.05, 0.1) is 31.2 Å². The van der Waals surface area contributed by atoms with Crippen molar-refractivity contribution in [2.75, 3.05) is 13.2 Å². The van der Waals surface area contributed by atoms with Gasteiger partial charge in [0.15, 0.2) is 0 Å². The molecule has 0 spiro atoms. The Hall–Kier alpha value is -2.60. The first-order chi connectivity index (χ1) is 11.7. The Balaban J connectivity index is 1.45. The summed E-state index contributed by atoms with van der Waals surface area (Å²) in [5, 5.41) is 7.89. The molecular weight excluding hydrogens is 308 g/mol. The lowest BCUT2D eigenvalue weighted by Gasteiger charge is -2.18. The molecule has 1 amide bonds. The molecule has 4 rings (SSSR count). The summed E-state index contributed by atoms with van der Waals surface area (Å²) in [4.78, 5) is 12.5. The number of hydrogen-bond donors (Lipinski definition) is 1. The van der Waals surface area contributed by atoms with Gasteiger partial charge in [-0.2, -0.15) is 0 Å². The Morgan fingerprint density at radius 1 is 1.29 bits per heavy atom. The fraction of sp³-hybridized carbons (Fsp3) is 0.333. The van der Waals surface area contributed by atoms with Gasteiger partial charge in [0.25, 0.3) is 5.91 Å². The van der Waals surface area contributed by atoms with Gasteiger partial charge in [-0.1, -0.05) is 5.16 Å². The highest BCUT2D eigenvalue weighted by molar-refractivity contribution is 5.97. The van der Waals surface area contributed by atoms with Crippen LogP contribution in [0, 0.1) is 12.8 Å². The van der Waals surface area contributed by atoms with Crippen molar-refractivity contribution in [3.05, 3.63) is 53.6 Å². The molecule has 1 saturated heterocycles. The number of hydrogen-bond acceptors (Lipinski definition) is 5. The van der Waals surface area contributed by atoms with Gasteiger partial charge in [-0.05, 0) is 31.2 Å². The van der Waals surface area contributed by atoms with Crippen LogP contribution in [0.3, 0.4) is 0 Å². The summed E-state index contributed by atoms with van der Waals surface area (Å²) in [5.74, 6) is 0.897. The molecule has 124 valence electrons. The van der Waals surface area contributed by atoms with E-state index in [0.717, 1.165) is 22.4 Å². The highest BCUT2D eigenvalue weighted by Gasteiger charge is 2.31. The zero-order chi connectivity index (χ0) is 16.5. The second kappa shape index (κ2) is 6.13. The van der Waals surface area contributed by atoms with Crippen LogP contribution in [0.1, 0.15) is 21.8 Å². The average molecular weight is 326 g/mol. The van der Waals surface area contributed by atoms with Crippen LogP contribution in [0.2, 0.25) is 0 Å². The van der Waals surface area contributed by atoms with E-state index in [0.29, 0.717) is 25.2 Å². The summed E-state index contributed by atoms with van der Waals surface area (Å²) >= 11 is 0. The van der Waals surface area contributed by atoms with Gasteiger partial charge in [0.2, 0.25) is 0 Å². The lowest BCUT2D eigenvalue weighted by molar-refractivity contribution is 0.0924. The third-order valence-electron chi connectivity index (χ3n) is 4.37. The van der Waals surface area contributed by atoms with E-state index in [9.17, 15) is 4.79 Å². The molecule has 2 atom stereocenters. The molecule has 2 aromatic heterocycles. The van der Waals surface area contributed by atoms with Crippen molar-refractivity contribution in [1.82, 2.24) is 10.5 Å². The van der Waals surface area contributed by atoms with Crippen molar-refractivity contribution in [1.29, 1.82) is 0 Å². The molecule has 6 heteroatoms. The minimum Gasteiger partial charge on any atom is -0.464 e. The van der Waals surface area contributed by atoms with E-state index in [-0.39, 0.29) is 17.9 Å². The monoisotopic (exact) mass is 326 g/mol. The van der Waals surface area contributed by atoms with Gasteiger partial charge in [-0.15, -0.1) is 0 Å². The molecule has 1 aliphatic rings. The zero-order valence-corrected chi connectivity index (χ0v) is 13.3. The summed E-state index contributed by atoms with van der Waals surface area (Å²) in [6.45, 7) is 3.01. The van der Waals surface area contributed by atoms with Gasteiger partial charge in [-0.3, -0.25) is 4.79 Å². The average Bonchev–Trinajstić information content (AvgIpc) is 3.29. The molecule has 0 radical (unpaired) electrons. The Morgan fingerprint density at radius 2 is 2.21 bits per heavy atom. The number of furan rings is 1. The fourth-order valence-electron chi connectivity index (χ4n) is 3.09. The number of nitrogens with one attached hydrogen (secondary N) is 1. The Kier molecular flexibility index (Phi) is 3.82. The fourth-order valence-corrected chi connectivity index (χ4v) is 3.09. The van der Waals surface area contributed by atoms with E-state index >= 15 is 0 Å². The highest BCUT2D eigenvalue weighted by atomic mass is 16.5. The molecule has 0 unspecified atom stereocenters. The number of aromatic nitrogens is 1. The smallest absolute Gasteiger partial charge is 0.251 e. The maximum Gasteiger partial charge on any atom is 0.251 e. The van der Waals surface area contributed by atoms with Gasteiger partial charge < -0.3 is 19.0 Å². The summed E-state index contributed by atoms with van der Waals surface area (Å²) < 4.78 is 16.1. The quantitative estimate of drug-likeness (QED) is 0.797. The predicted molar refractivity (Wildman–Crippen MR) is 86.7 cm³/mol. The van der Waals surface area contributed by atoms with Gasteiger partial charge in [0.1, 0.15) is 11.3 Å². The number of carbonyl (C=O) groups excluding carboxylic acids is 1. The van der Waals surface area contributed by atoms with Crippen LogP contribution in [0.5, 0.6) is 0 Å². The summed E-state index contributed by atoms with van der Waals surface area (Å²) in [7, 11) is 0. The first kappa shape index (κ1) is 15.0. The number of aryl methyl sites for hydroxylation is 1. The summed E-state index contributed by atoms with van der Waals surface area (Å²) in [6, 6.07) is 9.14. The van der Waals surface area contributed by atoms with E-state index in [2.05, 4.69) is 10.5 Å². The van der Waals surface area contributed by atoms with E-state index in [1.54, 1.807) is 12.3 Å². The number of rotatable bonds is 4. The van der Waals surface area contributed by atoms with Gasteiger partial charge >= 0.3 is 0 Å². The molecule has 1 N–H and O–H groups in total. The zero-order valence-electron chi connectivity index (χ0n) is 13.3. The third kappa shape index (κ3) is 2.92. The predicted octanol–water partition coefficient (Wildman–Crippen LogP) is 2.72. The molecule has 0 saturated carbocycles. The molecule has 0 bridgehead atoms. The molecule has 6 nitrogen and oxygen atoms in total. The number of ether oxygens (including phenoxy) is 1. The van der Waals surface area contributed by atoms with E-state index in [1.165, 1.54) is 0 Å². The van der Waals surface area contributed by atoms with E-state index < -0.39 is 0 Å². The molecule has 1 aromatic carbocycles. The van der Waals surface area contributed by atoms with Gasteiger partial charge in [0, 0.05) is 29.4 Å². The normalized spacial score (nSPS) is 20.5. The molecule has 0 aliphatic carbocycles. The molecular formula is C18H18N2O4. The maximum atomic E-state index is 12.5. The largest absolute Gasteiger partial charge is 0.464 e. The number of amides is 1. The van der Waals surface area contributed by atoms with Crippen molar-refractivity contribution in [3.63, 3.8) is 0 Å². The second-order valence-electron chi connectivity index (χ2n) is 6.19. The molecule has 1 aliphatic heterocycles. The molecule has 24 heavy (non-hydrogen) atoms. The van der Waals surface area contributed by atoms with Crippen molar-refractivity contribution < 1.29 is 18.5 Å². The second-order valence-corrected chi connectivity index (χ2v) is 6.19. The molecule has 1 fully saturated rings.